The summed E-state index contributed by atoms with van der Waals surface area (Å²) in [6, 6.07) is 3.88. The first-order valence-corrected chi connectivity index (χ1v) is 2.84. The van der Waals surface area contributed by atoms with E-state index in [4.69, 9.17) is 0 Å². The van der Waals surface area contributed by atoms with Crippen LogP contribution in [0.1, 0.15) is 0 Å². The molecule has 0 N–H and O–H groups in total. The molecule has 0 aromatic carbocycles. The molecular formula is C7H4O4. The van der Waals surface area contributed by atoms with Gasteiger partial charge < -0.3 is 4.42 Å². The van der Waals surface area contributed by atoms with Gasteiger partial charge in [0.15, 0.2) is 5.43 Å². The van der Waals surface area contributed by atoms with Crippen LogP contribution in [0.2, 0.25) is 0 Å². The predicted molar refractivity (Wildman–Crippen MR) is 37.5 cm³/mol. The van der Waals surface area contributed by atoms with Crippen LogP contribution >= 0.6 is 0 Å². The van der Waals surface area contributed by atoms with Crippen molar-refractivity contribution in [2.45, 2.75) is 0 Å². The van der Waals surface area contributed by atoms with Gasteiger partial charge in [-0.1, -0.05) is 0 Å². The van der Waals surface area contributed by atoms with Gasteiger partial charge in [0.05, 0.1) is 0 Å². The summed E-state index contributed by atoms with van der Waals surface area (Å²) in [6.45, 7) is 0. The smallest absolute Gasteiger partial charge is 0.338 e. The zero-order valence-electron chi connectivity index (χ0n) is 5.44. The maximum atomic E-state index is 10.6. The van der Waals surface area contributed by atoms with Crippen molar-refractivity contribution >= 4 is 0 Å². The third-order valence-electron chi connectivity index (χ3n) is 0.969. The molecule has 0 spiro atoms. The Morgan fingerprint density at radius 3 is 1.73 bits per heavy atom. The van der Waals surface area contributed by atoms with Gasteiger partial charge in [0.25, 0.3) is 0 Å². The van der Waals surface area contributed by atoms with E-state index in [1.54, 1.807) is 0 Å². The maximum absolute atomic E-state index is 10.6. The lowest BCUT2D eigenvalue weighted by molar-refractivity contribution is 0.478. The first-order chi connectivity index (χ1) is 5.18. The zero-order chi connectivity index (χ0) is 8.27. The molecule has 56 valence electrons. The normalized spacial score (nSPS) is 9.09. The van der Waals surface area contributed by atoms with E-state index in [2.05, 4.69) is 4.42 Å². The van der Waals surface area contributed by atoms with Crippen molar-refractivity contribution in [2.75, 3.05) is 0 Å². The highest BCUT2D eigenvalue weighted by molar-refractivity contribution is 4.92. The summed E-state index contributed by atoms with van der Waals surface area (Å²) in [4.78, 5) is 31.5. The SMILES string of the molecule is O=c1ccc(=O)oc(=O)cc1. The van der Waals surface area contributed by atoms with Crippen molar-refractivity contribution in [2.24, 2.45) is 0 Å². The molecule has 0 saturated carbocycles. The fourth-order valence-corrected chi connectivity index (χ4v) is 0.523. The Bertz CT molecular complexity index is 382. The lowest BCUT2D eigenvalue weighted by Crippen LogP contribution is -2.07. The van der Waals surface area contributed by atoms with Gasteiger partial charge in [-0.05, 0) is 12.1 Å². The molecule has 0 fully saturated rings. The van der Waals surface area contributed by atoms with Gasteiger partial charge in [0, 0.05) is 12.1 Å². The highest BCUT2D eigenvalue weighted by Crippen LogP contribution is 1.60. The van der Waals surface area contributed by atoms with Crippen molar-refractivity contribution in [3.63, 3.8) is 0 Å². The molecule has 4 nitrogen and oxygen atoms in total. The van der Waals surface area contributed by atoms with Crippen molar-refractivity contribution < 1.29 is 4.42 Å². The monoisotopic (exact) mass is 152 g/mol. The minimum absolute atomic E-state index is 0.407. The molecule has 4 heteroatoms. The third kappa shape index (κ3) is 2.17. The average molecular weight is 152 g/mol. The van der Waals surface area contributed by atoms with E-state index in [0.29, 0.717) is 0 Å². The van der Waals surface area contributed by atoms with Gasteiger partial charge in [-0.3, -0.25) is 4.79 Å². The Morgan fingerprint density at radius 1 is 0.818 bits per heavy atom. The molecule has 0 bridgehead atoms. The summed E-state index contributed by atoms with van der Waals surface area (Å²) in [7, 11) is 0. The van der Waals surface area contributed by atoms with E-state index < -0.39 is 16.7 Å². The maximum Gasteiger partial charge on any atom is 0.338 e. The van der Waals surface area contributed by atoms with Crippen molar-refractivity contribution in [3.05, 3.63) is 55.3 Å². The number of rotatable bonds is 0. The van der Waals surface area contributed by atoms with E-state index in [0.717, 1.165) is 24.3 Å². The molecule has 1 rings (SSSR count). The van der Waals surface area contributed by atoms with E-state index in [-0.39, 0.29) is 0 Å². The first-order valence-electron chi connectivity index (χ1n) is 2.84. The molecule has 0 radical (unpaired) electrons. The molecular weight excluding hydrogens is 148 g/mol. The fourth-order valence-electron chi connectivity index (χ4n) is 0.523. The van der Waals surface area contributed by atoms with Crippen molar-refractivity contribution in [1.29, 1.82) is 0 Å². The van der Waals surface area contributed by atoms with Crippen LogP contribution in [0.25, 0.3) is 0 Å². The minimum atomic E-state index is -0.826. The third-order valence-corrected chi connectivity index (χ3v) is 0.969. The Kier molecular flexibility index (Phi) is 1.96. The second-order valence-corrected chi connectivity index (χ2v) is 1.81. The predicted octanol–water partition coefficient (Wildman–Crippen LogP) is -0.640. The standard InChI is InChI=1S/C7H4O4/c8-5-1-3-6(9)11-7(10)4-2-5/h1-4H. The summed E-state index contributed by atoms with van der Waals surface area (Å²) in [5.74, 6) is 0. The number of hydrogen-bond acceptors (Lipinski definition) is 4. The van der Waals surface area contributed by atoms with Gasteiger partial charge in [-0.15, -0.1) is 0 Å². The summed E-state index contributed by atoms with van der Waals surface area (Å²) in [5.41, 5.74) is -2.06. The fraction of sp³-hybridized carbons (Fsp3) is 0. The van der Waals surface area contributed by atoms with Crippen LogP contribution in [-0.2, 0) is 0 Å². The van der Waals surface area contributed by atoms with Crippen LogP contribution in [0, 0.1) is 0 Å². The van der Waals surface area contributed by atoms with Gasteiger partial charge in [-0.25, -0.2) is 9.59 Å². The second kappa shape index (κ2) is 2.92. The topological polar surface area (TPSA) is 64.3 Å². The number of hydrogen-bond donors (Lipinski definition) is 0. The summed E-state index contributed by atoms with van der Waals surface area (Å²) in [6.07, 6.45) is 0. The molecule has 0 atom stereocenters. The Morgan fingerprint density at radius 2 is 1.27 bits per heavy atom. The van der Waals surface area contributed by atoms with Crippen LogP contribution in [0.4, 0.5) is 0 Å². The van der Waals surface area contributed by atoms with E-state index in [1.165, 1.54) is 0 Å². The van der Waals surface area contributed by atoms with Crippen LogP contribution in [0.3, 0.4) is 0 Å². The zero-order valence-corrected chi connectivity index (χ0v) is 5.44. The molecule has 0 saturated heterocycles. The van der Waals surface area contributed by atoms with Crippen LogP contribution in [-0.4, -0.2) is 0 Å². The van der Waals surface area contributed by atoms with E-state index in [9.17, 15) is 14.4 Å². The summed E-state index contributed by atoms with van der Waals surface area (Å²) >= 11 is 0. The molecule has 0 amide bonds. The molecule has 0 aliphatic rings. The van der Waals surface area contributed by atoms with Crippen molar-refractivity contribution in [3.8, 4) is 0 Å². The van der Waals surface area contributed by atoms with E-state index in [1.807, 2.05) is 0 Å². The second-order valence-electron chi connectivity index (χ2n) is 1.81. The van der Waals surface area contributed by atoms with Crippen LogP contribution < -0.4 is 16.7 Å². The van der Waals surface area contributed by atoms with Gasteiger partial charge >= 0.3 is 11.3 Å². The van der Waals surface area contributed by atoms with Gasteiger partial charge in [0.2, 0.25) is 0 Å². The Hall–Kier alpha value is -1.71. The van der Waals surface area contributed by atoms with Gasteiger partial charge in [0.1, 0.15) is 0 Å². The average Bonchev–Trinajstić information content (AvgIpc) is 1.95. The van der Waals surface area contributed by atoms with E-state index >= 15 is 0 Å². The van der Waals surface area contributed by atoms with Crippen molar-refractivity contribution in [1.82, 2.24) is 0 Å². The van der Waals surface area contributed by atoms with Crippen LogP contribution in [0.5, 0.6) is 0 Å². The lowest BCUT2D eigenvalue weighted by atomic mass is 10.5. The highest BCUT2D eigenvalue weighted by Gasteiger charge is 1.83. The highest BCUT2D eigenvalue weighted by atomic mass is 16.4. The molecule has 1 aromatic rings. The molecule has 11 heavy (non-hydrogen) atoms. The van der Waals surface area contributed by atoms with Crippen LogP contribution in [0.15, 0.2) is 43.1 Å². The minimum Gasteiger partial charge on any atom is -0.387 e. The molecule has 0 unspecified atom stereocenters. The first kappa shape index (κ1) is 7.40. The van der Waals surface area contributed by atoms with Gasteiger partial charge in [-0.2, -0.15) is 0 Å². The Labute approximate surface area is 60.7 Å². The molecule has 0 aliphatic carbocycles. The molecule has 1 aromatic heterocycles. The summed E-state index contributed by atoms with van der Waals surface area (Å²) < 4.78 is 4.14. The summed E-state index contributed by atoms with van der Waals surface area (Å²) in [5, 5.41) is 0. The Balaban J connectivity index is 3.65. The lowest BCUT2D eigenvalue weighted by Gasteiger charge is -1.71. The quantitative estimate of drug-likeness (QED) is 0.496. The molecule has 0 aliphatic heterocycles. The molecule has 1 heterocycles. The largest absolute Gasteiger partial charge is 0.387 e.